The van der Waals surface area contributed by atoms with Crippen molar-refractivity contribution in [3.63, 3.8) is 0 Å². The Morgan fingerprint density at radius 3 is 2.69 bits per heavy atom. The molecule has 1 heterocycles. The number of anilines is 1. The summed E-state index contributed by atoms with van der Waals surface area (Å²) in [5.41, 5.74) is 2.94. The van der Waals surface area contributed by atoms with Gasteiger partial charge in [-0.25, -0.2) is 5.32 Å². The number of nitrogens with zero attached hydrogens (tertiary/aromatic N) is 2. The van der Waals surface area contributed by atoms with E-state index in [0.29, 0.717) is 0 Å². The second kappa shape index (κ2) is 5.90. The highest BCUT2D eigenvalue weighted by Crippen LogP contribution is 2.22. The van der Waals surface area contributed by atoms with E-state index in [0.717, 1.165) is 26.2 Å². The fourth-order valence-corrected chi connectivity index (χ4v) is 2.25. The van der Waals surface area contributed by atoms with Crippen LogP contribution in [0.5, 0.6) is 0 Å². The Hall–Kier alpha value is -1.02. The smallest absolute Gasteiger partial charge is 0.0399 e. The summed E-state index contributed by atoms with van der Waals surface area (Å²) < 4.78 is 0. The van der Waals surface area contributed by atoms with Crippen LogP contribution < -0.4 is 10.2 Å². The van der Waals surface area contributed by atoms with E-state index in [2.05, 4.69) is 41.4 Å². The highest BCUT2D eigenvalue weighted by Gasteiger charge is 2.13. The number of aryl methyl sites for hydroxylation is 1. The molecule has 1 fully saturated rings. The fourth-order valence-electron chi connectivity index (χ4n) is 2.25. The molecule has 16 heavy (non-hydrogen) atoms. The lowest BCUT2D eigenvalue weighted by Crippen LogP contribution is -2.40. The standard InChI is InChI=1S/C14H21N2/c1-2-3-6-13-7-4-5-8-14(13)16-11-9-15-10-12-16/h4-5,7-8H,2-3,6,9-12H2,1H3. The van der Waals surface area contributed by atoms with Crippen molar-refractivity contribution in [3.8, 4) is 0 Å². The Bertz CT molecular complexity index is 316. The van der Waals surface area contributed by atoms with E-state index in [9.17, 15) is 0 Å². The van der Waals surface area contributed by atoms with Crippen molar-refractivity contribution in [1.29, 1.82) is 0 Å². The number of piperazine rings is 1. The van der Waals surface area contributed by atoms with E-state index in [1.807, 2.05) is 0 Å². The maximum Gasteiger partial charge on any atom is 0.0399 e. The normalized spacial score (nSPS) is 16.4. The second-order valence-electron chi connectivity index (χ2n) is 4.39. The van der Waals surface area contributed by atoms with Crippen molar-refractivity contribution in [2.45, 2.75) is 26.2 Å². The minimum Gasteiger partial charge on any atom is -0.369 e. The van der Waals surface area contributed by atoms with Crippen LogP contribution in [0.1, 0.15) is 25.3 Å². The van der Waals surface area contributed by atoms with Crippen molar-refractivity contribution in [1.82, 2.24) is 5.32 Å². The minimum absolute atomic E-state index is 0.988. The van der Waals surface area contributed by atoms with Crippen LogP contribution in [0.3, 0.4) is 0 Å². The van der Waals surface area contributed by atoms with Gasteiger partial charge in [-0.3, -0.25) is 0 Å². The average molecular weight is 217 g/mol. The summed E-state index contributed by atoms with van der Waals surface area (Å²) >= 11 is 0. The van der Waals surface area contributed by atoms with Crippen LogP contribution in [0, 0.1) is 0 Å². The minimum atomic E-state index is 0.988. The lowest BCUT2D eigenvalue weighted by molar-refractivity contribution is 0.577. The van der Waals surface area contributed by atoms with Gasteiger partial charge in [-0.1, -0.05) is 31.5 Å². The first-order valence-electron chi connectivity index (χ1n) is 6.38. The molecule has 1 aromatic carbocycles. The van der Waals surface area contributed by atoms with Gasteiger partial charge in [0, 0.05) is 31.9 Å². The maximum atomic E-state index is 4.40. The Morgan fingerprint density at radius 1 is 1.19 bits per heavy atom. The van der Waals surface area contributed by atoms with Gasteiger partial charge in [0.1, 0.15) is 0 Å². The third-order valence-corrected chi connectivity index (χ3v) is 3.19. The van der Waals surface area contributed by atoms with Gasteiger partial charge in [-0.05, 0) is 24.5 Å². The van der Waals surface area contributed by atoms with E-state index in [-0.39, 0.29) is 0 Å². The van der Waals surface area contributed by atoms with Gasteiger partial charge < -0.3 is 4.90 Å². The fraction of sp³-hybridized carbons (Fsp3) is 0.571. The molecule has 0 atom stereocenters. The van der Waals surface area contributed by atoms with Gasteiger partial charge in [-0.15, -0.1) is 0 Å². The number of hydrogen-bond donors (Lipinski definition) is 0. The highest BCUT2D eigenvalue weighted by atomic mass is 15.2. The molecule has 1 aliphatic heterocycles. The number of benzene rings is 1. The van der Waals surface area contributed by atoms with Gasteiger partial charge in [0.25, 0.3) is 0 Å². The molecule has 0 bridgehead atoms. The van der Waals surface area contributed by atoms with Gasteiger partial charge in [0.2, 0.25) is 0 Å². The third kappa shape index (κ3) is 2.76. The zero-order valence-electron chi connectivity index (χ0n) is 10.2. The van der Waals surface area contributed by atoms with E-state index >= 15 is 0 Å². The zero-order valence-corrected chi connectivity index (χ0v) is 10.2. The summed E-state index contributed by atoms with van der Waals surface area (Å²) in [4.78, 5) is 2.48. The summed E-state index contributed by atoms with van der Waals surface area (Å²) in [6.07, 6.45) is 3.76. The van der Waals surface area contributed by atoms with Crippen LogP contribution in [-0.2, 0) is 6.42 Å². The molecule has 0 unspecified atom stereocenters. The molecule has 0 N–H and O–H groups in total. The van der Waals surface area contributed by atoms with Crippen molar-refractivity contribution in [2.24, 2.45) is 0 Å². The SMILES string of the molecule is CCCCc1ccccc1N1CC[N]CC1. The zero-order chi connectivity index (χ0) is 11.2. The summed E-state index contributed by atoms with van der Waals surface area (Å²) in [6, 6.07) is 8.84. The van der Waals surface area contributed by atoms with Crippen LogP contribution in [-0.4, -0.2) is 26.2 Å². The largest absolute Gasteiger partial charge is 0.369 e. The van der Waals surface area contributed by atoms with Crippen molar-refractivity contribution < 1.29 is 0 Å². The lowest BCUT2D eigenvalue weighted by atomic mass is 10.1. The molecule has 1 saturated heterocycles. The molecule has 0 aromatic heterocycles. The molecule has 2 heteroatoms. The average Bonchev–Trinajstić information content (AvgIpc) is 2.38. The summed E-state index contributed by atoms with van der Waals surface area (Å²) in [5, 5.41) is 4.40. The van der Waals surface area contributed by atoms with Crippen LogP contribution in [0.4, 0.5) is 5.69 Å². The topological polar surface area (TPSA) is 17.3 Å². The number of unbranched alkanes of at least 4 members (excludes halogenated alkanes) is 1. The first-order valence-corrected chi connectivity index (χ1v) is 6.38. The highest BCUT2D eigenvalue weighted by molar-refractivity contribution is 5.54. The van der Waals surface area contributed by atoms with Crippen LogP contribution in [0.15, 0.2) is 24.3 Å². The van der Waals surface area contributed by atoms with Crippen LogP contribution in [0.25, 0.3) is 0 Å². The Kier molecular flexibility index (Phi) is 4.23. The molecule has 0 amide bonds. The predicted molar refractivity (Wildman–Crippen MR) is 69.1 cm³/mol. The van der Waals surface area contributed by atoms with Gasteiger partial charge in [0.15, 0.2) is 0 Å². The molecule has 1 aliphatic rings. The summed E-state index contributed by atoms with van der Waals surface area (Å²) in [7, 11) is 0. The molecule has 2 nitrogen and oxygen atoms in total. The molecule has 1 radical (unpaired) electrons. The van der Waals surface area contributed by atoms with Crippen molar-refractivity contribution in [2.75, 3.05) is 31.1 Å². The van der Waals surface area contributed by atoms with Gasteiger partial charge in [0.05, 0.1) is 0 Å². The Labute approximate surface area is 98.7 Å². The molecule has 1 aromatic rings. The monoisotopic (exact) mass is 217 g/mol. The molecule has 0 aliphatic carbocycles. The third-order valence-electron chi connectivity index (χ3n) is 3.19. The first-order chi connectivity index (χ1) is 7.92. The Morgan fingerprint density at radius 2 is 1.94 bits per heavy atom. The second-order valence-corrected chi connectivity index (χ2v) is 4.39. The van der Waals surface area contributed by atoms with Gasteiger partial charge in [-0.2, -0.15) is 0 Å². The van der Waals surface area contributed by atoms with E-state index in [4.69, 9.17) is 0 Å². The number of rotatable bonds is 4. The van der Waals surface area contributed by atoms with Crippen molar-refractivity contribution in [3.05, 3.63) is 29.8 Å². The van der Waals surface area contributed by atoms with Crippen LogP contribution >= 0.6 is 0 Å². The predicted octanol–water partition coefficient (Wildman–Crippen LogP) is 2.45. The molecule has 2 rings (SSSR count). The Balaban J connectivity index is 2.11. The molecular weight excluding hydrogens is 196 g/mol. The summed E-state index contributed by atoms with van der Waals surface area (Å²) in [5.74, 6) is 0. The molecular formula is C14H21N2. The van der Waals surface area contributed by atoms with Gasteiger partial charge >= 0.3 is 0 Å². The molecule has 0 saturated carbocycles. The van der Waals surface area contributed by atoms with E-state index in [1.165, 1.54) is 30.5 Å². The van der Waals surface area contributed by atoms with Crippen molar-refractivity contribution >= 4 is 5.69 Å². The first kappa shape index (κ1) is 11.5. The molecule has 87 valence electrons. The maximum absolute atomic E-state index is 4.40. The number of hydrogen-bond acceptors (Lipinski definition) is 1. The van der Waals surface area contributed by atoms with Crippen LogP contribution in [0.2, 0.25) is 0 Å². The quantitative estimate of drug-likeness (QED) is 0.757. The molecule has 0 spiro atoms. The number of para-hydroxylation sites is 1. The summed E-state index contributed by atoms with van der Waals surface area (Å²) in [6.45, 7) is 6.40. The van der Waals surface area contributed by atoms with E-state index in [1.54, 1.807) is 0 Å². The van der Waals surface area contributed by atoms with E-state index < -0.39 is 0 Å². The lowest BCUT2D eigenvalue weighted by Gasteiger charge is -2.30.